The Hall–Kier alpha value is -0.120. The molecule has 122 valence electrons. The molecule has 3 fully saturated rings. The van der Waals surface area contributed by atoms with Crippen LogP contribution in [-0.4, -0.2) is 54.1 Å². The largest absolute Gasteiger partial charge is 0.329 e. The lowest BCUT2D eigenvalue weighted by Crippen LogP contribution is -2.64. The minimum atomic E-state index is 0.237. The average molecular weight is 293 g/mol. The number of hydrogen-bond acceptors (Lipinski definition) is 3. The molecule has 2 saturated carbocycles. The smallest absolute Gasteiger partial charge is 0.0342 e. The first kappa shape index (κ1) is 15.8. The van der Waals surface area contributed by atoms with Crippen LogP contribution in [0.15, 0.2) is 0 Å². The molecule has 0 aromatic rings. The van der Waals surface area contributed by atoms with Gasteiger partial charge in [-0.05, 0) is 42.9 Å². The van der Waals surface area contributed by atoms with Gasteiger partial charge in [0.15, 0.2) is 0 Å². The molecule has 1 heterocycles. The van der Waals surface area contributed by atoms with Gasteiger partial charge in [0.25, 0.3) is 0 Å². The molecule has 21 heavy (non-hydrogen) atoms. The molecule has 0 aromatic carbocycles. The van der Waals surface area contributed by atoms with E-state index in [9.17, 15) is 0 Å². The van der Waals surface area contributed by atoms with Crippen molar-refractivity contribution in [1.29, 1.82) is 0 Å². The summed E-state index contributed by atoms with van der Waals surface area (Å²) in [4.78, 5) is 5.47. The van der Waals surface area contributed by atoms with E-state index in [1.165, 1.54) is 58.3 Å². The number of piperazine rings is 1. The van der Waals surface area contributed by atoms with Crippen LogP contribution in [0.1, 0.15) is 59.8 Å². The third-order valence-electron chi connectivity index (χ3n) is 6.00. The summed E-state index contributed by atoms with van der Waals surface area (Å²) in [5, 5.41) is 0. The average Bonchev–Trinajstić information content (AvgIpc) is 3.19. The Bertz CT molecular complexity index is 360. The molecule has 2 N–H and O–H groups in total. The molecule has 3 heteroatoms. The van der Waals surface area contributed by atoms with Crippen LogP contribution in [0.5, 0.6) is 0 Å². The second-order valence-electron chi connectivity index (χ2n) is 9.54. The van der Waals surface area contributed by atoms with E-state index >= 15 is 0 Å². The van der Waals surface area contributed by atoms with Crippen molar-refractivity contribution in [2.24, 2.45) is 16.6 Å². The molecular formula is C18H35N3. The van der Waals surface area contributed by atoms with E-state index in [4.69, 9.17) is 5.73 Å². The summed E-state index contributed by atoms with van der Waals surface area (Å²) >= 11 is 0. The van der Waals surface area contributed by atoms with E-state index in [2.05, 4.69) is 37.5 Å². The van der Waals surface area contributed by atoms with Crippen LogP contribution in [0.4, 0.5) is 0 Å². The van der Waals surface area contributed by atoms with Crippen LogP contribution in [-0.2, 0) is 0 Å². The summed E-state index contributed by atoms with van der Waals surface area (Å²) in [6, 6.07) is 0.917. The molecule has 0 radical (unpaired) electrons. The van der Waals surface area contributed by atoms with Crippen molar-refractivity contribution >= 4 is 0 Å². The lowest BCUT2D eigenvalue weighted by atomic mass is 9.58. The van der Waals surface area contributed by atoms with Crippen molar-refractivity contribution < 1.29 is 0 Å². The van der Waals surface area contributed by atoms with Gasteiger partial charge in [0, 0.05) is 44.3 Å². The molecule has 3 aliphatic rings. The Morgan fingerprint density at radius 3 is 1.81 bits per heavy atom. The molecule has 3 rings (SSSR count). The molecule has 1 saturated heterocycles. The third-order valence-corrected chi connectivity index (χ3v) is 6.00. The first-order valence-electron chi connectivity index (χ1n) is 8.95. The number of hydrogen-bond donors (Lipinski definition) is 1. The Morgan fingerprint density at radius 1 is 0.857 bits per heavy atom. The summed E-state index contributed by atoms with van der Waals surface area (Å²) in [7, 11) is 0. The van der Waals surface area contributed by atoms with Crippen LogP contribution in [0.25, 0.3) is 0 Å². The molecule has 0 amide bonds. The van der Waals surface area contributed by atoms with Gasteiger partial charge in [-0.3, -0.25) is 9.80 Å². The van der Waals surface area contributed by atoms with Crippen LogP contribution in [0, 0.1) is 10.8 Å². The van der Waals surface area contributed by atoms with Gasteiger partial charge in [-0.1, -0.05) is 27.7 Å². The summed E-state index contributed by atoms with van der Waals surface area (Å²) in [6.07, 6.45) is 6.72. The van der Waals surface area contributed by atoms with E-state index in [0.717, 1.165) is 12.6 Å². The number of nitrogens with two attached hydrogens (primary N) is 1. The van der Waals surface area contributed by atoms with E-state index in [-0.39, 0.29) is 5.54 Å². The fourth-order valence-electron chi connectivity index (χ4n) is 5.76. The molecule has 0 aromatic heterocycles. The second kappa shape index (κ2) is 5.21. The third kappa shape index (κ3) is 3.30. The Labute approximate surface area is 131 Å². The molecule has 2 aliphatic carbocycles. The van der Waals surface area contributed by atoms with Crippen molar-refractivity contribution in [3.05, 3.63) is 0 Å². The normalized spacial score (nSPS) is 33.0. The molecule has 3 nitrogen and oxygen atoms in total. The van der Waals surface area contributed by atoms with Gasteiger partial charge in [0.1, 0.15) is 0 Å². The molecule has 0 atom stereocenters. The highest BCUT2D eigenvalue weighted by Gasteiger charge is 2.50. The van der Waals surface area contributed by atoms with Crippen molar-refractivity contribution in [2.45, 2.75) is 71.4 Å². The number of nitrogens with zero attached hydrogens (tertiary/aromatic N) is 2. The number of rotatable bonds is 3. The van der Waals surface area contributed by atoms with Gasteiger partial charge in [0.05, 0.1) is 0 Å². The fourth-order valence-corrected chi connectivity index (χ4v) is 5.76. The Morgan fingerprint density at radius 2 is 1.38 bits per heavy atom. The van der Waals surface area contributed by atoms with Crippen LogP contribution < -0.4 is 5.73 Å². The minimum absolute atomic E-state index is 0.237. The first-order valence-corrected chi connectivity index (χ1v) is 8.95. The SMILES string of the molecule is CC1(C)CC(C)(C)CC(CN)(N2CCN(C3CC3)CC2)C1. The van der Waals surface area contributed by atoms with Gasteiger partial charge < -0.3 is 5.73 Å². The summed E-state index contributed by atoms with van der Waals surface area (Å²) in [5.41, 5.74) is 7.42. The maximum atomic E-state index is 6.36. The van der Waals surface area contributed by atoms with Crippen molar-refractivity contribution in [3.63, 3.8) is 0 Å². The molecule has 0 spiro atoms. The zero-order valence-corrected chi connectivity index (χ0v) is 14.6. The van der Waals surface area contributed by atoms with Crippen LogP contribution >= 0.6 is 0 Å². The fraction of sp³-hybridized carbons (Fsp3) is 1.00. The van der Waals surface area contributed by atoms with Crippen LogP contribution in [0.2, 0.25) is 0 Å². The highest BCUT2D eigenvalue weighted by Crippen LogP contribution is 2.52. The van der Waals surface area contributed by atoms with E-state index in [1.54, 1.807) is 0 Å². The van der Waals surface area contributed by atoms with Gasteiger partial charge in [0.2, 0.25) is 0 Å². The Balaban J connectivity index is 1.73. The van der Waals surface area contributed by atoms with E-state index < -0.39 is 0 Å². The lowest BCUT2D eigenvalue weighted by molar-refractivity contribution is -0.0616. The van der Waals surface area contributed by atoms with Gasteiger partial charge >= 0.3 is 0 Å². The maximum absolute atomic E-state index is 6.36. The highest BCUT2D eigenvalue weighted by atomic mass is 15.3. The topological polar surface area (TPSA) is 32.5 Å². The Kier molecular flexibility index (Phi) is 3.91. The highest BCUT2D eigenvalue weighted by molar-refractivity contribution is 5.05. The molecule has 0 bridgehead atoms. The predicted molar refractivity (Wildman–Crippen MR) is 89.4 cm³/mol. The second-order valence-corrected chi connectivity index (χ2v) is 9.54. The molecular weight excluding hydrogens is 258 g/mol. The van der Waals surface area contributed by atoms with Crippen molar-refractivity contribution in [1.82, 2.24) is 9.80 Å². The maximum Gasteiger partial charge on any atom is 0.0342 e. The van der Waals surface area contributed by atoms with Gasteiger partial charge in [-0.15, -0.1) is 0 Å². The standard InChI is InChI=1S/C18H35N3/c1-16(2)11-17(3,4)13-18(12-16,14-19)21-9-7-20(8-10-21)15-5-6-15/h15H,5-14,19H2,1-4H3. The van der Waals surface area contributed by atoms with Crippen molar-refractivity contribution in [3.8, 4) is 0 Å². The zero-order valence-electron chi connectivity index (χ0n) is 14.6. The quantitative estimate of drug-likeness (QED) is 0.868. The van der Waals surface area contributed by atoms with Crippen LogP contribution in [0.3, 0.4) is 0 Å². The van der Waals surface area contributed by atoms with Gasteiger partial charge in [-0.2, -0.15) is 0 Å². The summed E-state index contributed by atoms with van der Waals surface area (Å²) < 4.78 is 0. The molecule has 1 aliphatic heterocycles. The minimum Gasteiger partial charge on any atom is -0.329 e. The first-order chi connectivity index (χ1) is 9.75. The van der Waals surface area contributed by atoms with E-state index in [1.807, 2.05) is 0 Å². The monoisotopic (exact) mass is 293 g/mol. The summed E-state index contributed by atoms with van der Waals surface area (Å²) in [6.45, 7) is 15.6. The molecule has 0 unspecified atom stereocenters. The lowest BCUT2D eigenvalue weighted by Gasteiger charge is -2.57. The van der Waals surface area contributed by atoms with E-state index in [0.29, 0.717) is 10.8 Å². The van der Waals surface area contributed by atoms with Gasteiger partial charge in [-0.25, -0.2) is 0 Å². The summed E-state index contributed by atoms with van der Waals surface area (Å²) in [5.74, 6) is 0. The predicted octanol–water partition coefficient (Wildman–Crippen LogP) is 2.70. The van der Waals surface area contributed by atoms with Crippen molar-refractivity contribution in [2.75, 3.05) is 32.7 Å². The zero-order chi connectivity index (χ0) is 15.3.